The lowest BCUT2D eigenvalue weighted by Crippen LogP contribution is -1.97. The third-order valence-corrected chi connectivity index (χ3v) is 6.06. The number of halogens is 2. The highest BCUT2D eigenvalue weighted by Gasteiger charge is 2.16. The maximum absolute atomic E-state index is 4.59. The molecule has 0 aliphatic heterocycles. The van der Waals surface area contributed by atoms with E-state index in [1.54, 1.807) is 11.3 Å². The van der Waals surface area contributed by atoms with Gasteiger partial charge in [0.25, 0.3) is 0 Å². The summed E-state index contributed by atoms with van der Waals surface area (Å²) in [5, 5.41) is 5.39. The minimum absolute atomic E-state index is 0.854. The Hall–Kier alpha value is -0.980. The Kier molecular flexibility index (Phi) is 3.79. The third-order valence-electron chi connectivity index (χ3n) is 2.99. The van der Waals surface area contributed by atoms with Crippen molar-refractivity contribution < 1.29 is 0 Å². The van der Waals surface area contributed by atoms with Crippen LogP contribution in [0, 0.1) is 13.8 Å². The zero-order valence-corrected chi connectivity index (χ0v) is 14.9. The van der Waals surface area contributed by atoms with Gasteiger partial charge in [0.1, 0.15) is 4.60 Å². The number of aryl methyl sites for hydroxylation is 1. The number of aromatic nitrogens is 3. The van der Waals surface area contributed by atoms with Crippen molar-refractivity contribution in [1.82, 2.24) is 14.8 Å². The third kappa shape index (κ3) is 2.36. The van der Waals surface area contributed by atoms with Crippen molar-refractivity contribution in [1.29, 1.82) is 0 Å². The van der Waals surface area contributed by atoms with E-state index in [9.17, 15) is 0 Å². The first-order valence-electron chi connectivity index (χ1n) is 6.01. The van der Waals surface area contributed by atoms with Crippen LogP contribution in [0.2, 0.25) is 0 Å². The van der Waals surface area contributed by atoms with Crippen LogP contribution >= 0.6 is 43.2 Å². The monoisotopic (exact) mass is 411 g/mol. The van der Waals surface area contributed by atoms with Crippen molar-refractivity contribution in [2.45, 2.75) is 13.8 Å². The van der Waals surface area contributed by atoms with Crippen LogP contribution in [-0.4, -0.2) is 14.8 Å². The van der Waals surface area contributed by atoms with Crippen molar-refractivity contribution >= 4 is 43.2 Å². The van der Waals surface area contributed by atoms with Gasteiger partial charge in [-0.15, -0.1) is 0 Å². The number of hydrogen-bond acceptors (Lipinski definition) is 3. The molecule has 2 aromatic heterocycles. The lowest BCUT2D eigenvalue weighted by Gasteiger charge is -1.98. The fourth-order valence-electron chi connectivity index (χ4n) is 1.96. The molecule has 0 bridgehead atoms. The molecule has 1 aromatic carbocycles. The average molecular weight is 413 g/mol. The topological polar surface area (TPSA) is 30.7 Å². The summed E-state index contributed by atoms with van der Waals surface area (Å²) in [6.45, 7) is 4.01. The van der Waals surface area contributed by atoms with E-state index in [-0.39, 0.29) is 0 Å². The van der Waals surface area contributed by atoms with E-state index >= 15 is 0 Å². The lowest BCUT2D eigenvalue weighted by molar-refractivity contribution is 0.823. The number of benzene rings is 1. The Morgan fingerprint density at radius 1 is 1.10 bits per heavy atom. The van der Waals surface area contributed by atoms with Gasteiger partial charge in [-0.1, -0.05) is 41.7 Å². The molecule has 0 unspecified atom stereocenters. The van der Waals surface area contributed by atoms with E-state index in [0.717, 1.165) is 36.0 Å². The summed E-state index contributed by atoms with van der Waals surface area (Å²) in [6, 6.07) is 10.2. The number of nitrogens with zero attached hydrogens (tertiary/aromatic N) is 3. The Morgan fingerprint density at radius 2 is 1.80 bits per heavy atom. The van der Waals surface area contributed by atoms with E-state index in [4.69, 9.17) is 0 Å². The second-order valence-corrected chi connectivity index (χ2v) is 6.90. The zero-order valence-electron chi connectivity index (χ0n) is 10.9. The molecule has 3 aromatic rings. The van der Waals surface area contributed by atoms with Crippen LogP contribution in [0.5, 0.6) is 0 Å². The average Bonchev–Trinajstić information content (AvgIpc) is 2.96. The molecule has 0 saturated heterocycles. The van der Waals surface area contributed by atoms with Gasteiger partial charge in [-0.2, -0.15) is 5.10 Å². The van der Waals surface area contributed by atoms with Gasteiger partial charge in [-0.05, 0) is 51.3 Å². The molecule has 0 aliphatic carbocycles. The van der Waals surface area contributed by atoms with Crippen LogP contribution in [0.15, 0.2) is 39.4 Å². The molecular formula is C14H11Br2N3S. The molecule has 3 nitrogen and oxygen atoms in total. The van der Waals surface area contributed by atoms with E-state index in [2.05, 4.69) is 54.1 Å². The fourth-order valence-corrected chi connectivity index (χ4v) is 3.93. The standard InChI is InChI=1S/C14H11Br2N3S/c1-8-11(15)9(2)19(18-8)14-17-13(16)12(20-14)10-6-4-3-5-7-10/h3-7H,1-2H3. The molecule has 0 amide bonds. The van der Waals surface area contributed by atoms with Crippen molar-refractivity contribution in [3.05, 3.63) is 50.8 Å². The van der Waals surface area contributed by atoms with Gasteiger partial charge < -0.3 is 0 Å². The largest absolute Gasteiger partial charge is 0.212 e. The molecule has 0 spiro atoms. The summed E-state index contributed by atoms with van der Waals surface area (Å²) in [7, 11) is 0. The van der Waals surface area contributed by atoms with Gasteiger partial charge >= 0.3 is 0 Å². The van der Waals surface area contributed by atoms with Crippen LogP contribution in [0.25, 0.3) is 15.6 Å². The maximum atomic E-state index is 4.59. The normalized spacial score (nSPS) is 11.0. The Bertz CT molecular complexity index is 762. The van der Waals surface area contributed by atoms with Crippen molar-refractivity contribution in [2.75, 3.05) is 0 Å². The predicted octanol–water partition coefficient (Wildman–Crippen LogP) is 5.14. The first-order chi connectivity index (χ1) is 9.58. The number of rotatable bonds is 2. The molecule has 2 heterocycles. The summed E-state index contributed by atoms with van der Waals surface area (Å²) in [5.74, 6) is 0. The number of thiazole rings is 1. The summed E-state index contributed by atoms with van der Waals surface area (Å²) < 4.78 is 3.76. The minimum atomic E-state index is 0.854. The summed E-state index contributed by atoms with van der Waals surface area (Å²) >= 11 is 8.72. The van der Waals surface area contributed by atoms with Crippen molar-refractivity contribution in [2.24, 2.45) is 0 Å². The Labute approximate surface area is 137 Å². The highest BCUT2D eigenvalue weighted by molar-refractivity contribution is 9.10. The maximum Gasteiger partial charge on any atom is 0.212 e. The van der Waals surface area contributed by atoms with Crippen LogP contribution in [0.3, 0.4) is 0 Å². The van der Waals surface area contributed by atoms with Crippen LogP contribution < -0.4 is 0 Å². The molecular weight excluding hydrogens is 402 g/mol. The molecule has 102 valence electrons. The van der Waals surface area contributed by atoms with Gasteiger partial charge in [0, 0.05) is 0 Å². The van der Waals surface area contributed by atoms with E-state index in [1.807, 2.05) is 36.7 Å². The van der Waals surface area contributed by atoms with Crippen molar-refractivity contribution in [3.63, 3.8) is 0 Å². The van der Waals surface area contributed by atoms with Gasteiger partial charge in [0.05, 0.1) is 20.7 Å². The lowest BCUT2D eigenvalue weighted by atomic mass is 10.2. The fraction of sp³-hybridized carbons (Fsp3) is 0.143. The Balaban J connectivity index is 2.11. The molecule has 0 radical (unpaired) electrons. The first-order valence-corrected chi connectivity index (χ1v) is 8.42. The van der Waals surface area contributed by atoms with Gasteiger partial charge in [-0.25, -0.2) is 9.67 Å². The molecule has 0 saturated carbocycles. The second kappa shape index (κ2) is 5.42. The summed E-state index contributed by atoms with van der Waals surface area (Å²) in [5.41, 5.74) is 3.18. The van der Waals surface area contributed by atoms with E-state index in [0.29, 0.717) is 0 Å². The van der Waals surface area contributed by atoms with Gasteiger partial charge in [-0.3, -0.25) is 0 Å². The predicted molar refractivity (Wildman–Crippen MR) is 89.5 cm³/mol. The Morgan fingerprint density at radius 3 is 2.40 bits per heavy atom. The molecule has 6 heteroatoms. The molecule has 0 N–H and O–H groups in total. The van der Waals surface area contributed by atoms with E-state index in [1.165, 1.54) is 0 Å². The summed E-state index contributed by atoms with van der Waals surface area (Å²) in [4.78, 5) is 5.70. The molecule has 0 atom stereocenters. The van der Waals surface area contributed by atoms with Gasteiger partial charge in [0.2, 0.25) is 5.13 Å². The minimum Gasteiger partial charge on any atom is -0.211 e. The first kappa shape index (κ1) is 14.0. The van der Waals surface area contributed by atoms with Crippen LogP contribution in [0.1, 0.15) is 11.4 Å². The molecule has 20 heavy (non-hydrogen) atoms. The second-order valence-electron chi connectivity index (χ2n) is 4.38. The summed E-state index contributed by atoms with van der Waals surface area (Å²) in [6.07, 6.45) is 0. The van der Waals surface area contributed by atoms with E-state index < -0.39 is 0 Å². The quantitative estimate of drug-likeness (QED) is 0.583. The molecule has 0 fully saturated rings. The van der Waals surface area contributed by atoms with Crippen LogP contribution in [0.4, 0.5) is 0 Å². The highest BCUT2D eigenvalue weighted by atomic mass is 79.9. The SMILES string of the molecule is Cc1nn(-c2nc(Br)c(-c3ccccc3)s2)c(C)c1Br. The van der Waals surface area contributed by atoms with Gasteiger partial charge in [0.15, 0.2) is 0 Å². The highest BCUT2D eigenvalue weighted by Crippen LogP contribution is 2.36. The van der Waals surface area contributed by atoms with Crippen LogP contribution in [-0.2, 0) is 0 Å². The number of hydrogen-bond donors (Lipinski definition) is 0. The van der Waals surface area contributed by atoms with Crippen molar-refractivity contribution in [3.8, 4) is 15.6 Å². The molecule has 3 rings (SSSR count). The smallest absolute Gasteiger partial charge is 0.211 e. The zero-order chi connectivity index (χ0) is 14.3. The molecule has 0 aliphatic rings.